The predicted molar refractivity (Wildman–Crippen MR) is 65.5 cm³/mol. The van der Waals surface area contributed by atoms with E-state index in [4.69, 9.17) is 16.2 Å². The maximum absolute atomic E-state index is 13.5. The molecule has 5 N–H and O–H groups in total. The molecule has 0 radical (unpaired) electrons. The predicted octanol–water partition coefficient (Wildman–Crippen LogP) is 0.0336. The largest absolute Gasteiger partial charge is 0.481 e. The number of primary amides is 1. The third kappa shape index (κ3) is 3.98. The van der Waals surface area contributed by atoms with Crippen LogP contribution in [0.3, 0.4) is 0 Å². The van der Waals surface area contributed by atoms with E-state index in [1.807, 2.05) is 0 Å². The van der Waals surface area contributed by atoms with Crippen molar-refractivity contribution in [3.05, 3.63) is 29.6 Å². The van der Waals surface area contributed by atoms with Gasteiger partial charge in [-0.1, -0.05) is 12.2 Å². The van der Waals surface area contributed by atoms with Crippen LogP contribution in [0, 0.1) is 5.82 Å². The first kappa shape index (κ1) is 13.8. The SMILES string of the molecule is NC(=O)NC(=O)COc1ccc(C(N)=S)cc1F. The number of hydrogen-bond acceptors (Lipinski definition) is 4. The first-order chi connectivity index (χ1) is 8.40. The van der Waals surface area contributed by atoms with Crippen molar-refractivity contribution in [2.45, 2.75) is 0 Å². The number of amides is 3. The zero-order chi connectivity index (χ0) is 13.7. The fraction of sp³-hybridized carbons (Fsp3) is 0.100. The lowest BCUT2D eigenvalue weighted by Crippen LogP contribution is -2.38. The molecule has 0 aliphatic carbocycles. The maximum Gasteiger partial charge on any atom is 0.318 e. The molecule has 0 fully saturated rings. The van der Waals surface area contributed by atoms with E-state index in [0.29, 0.717) is 5.56 Å². The maximum atomic E-state index is 13.5. The monoisotopic (exact) mass is 271 g/mol. The summed E-state index contributed by atoms with van der Waals surface area (Å²) in [6.45, 7) is -0.535. The Hall–Kier alpha value is -2.22. The summed E-state index contributed by atoms with van der Waals surface area (Å²) in [5, 5.41) is 1.77. The molecule has 1 aromatic rings. The van der Waals surface area contributed by atoms with Crippen molar-refractivity contribution in [1.82, 2.24) is 5.32 Å². The van der Waals surface area contributed by atoms with Crippen molar-refractivity contribution in [3.63, 3.8) is 0 Å². The molecule has 6 nitrogen and oxygen atoms in total. The lowest BCUT2D eigenvalue weighted by molar-refractivity contribution is -0.121. The molecule has 1 rings (SSSR count). The fourth-order valence-corrected chi connectivity index (χ4v) is 1.21. The smallest absolute Gasteiger partial charge is 0.318 e. The van der Waals surface area contributed by atoms with Gasteiger partial charge in [-0.15, -0.1) is 0 Å². The number of carbonyl (C=O) groups is 2. The van der Waals surface area contributed by atoms with E-state index < -0.39 is 24.4 Å². The van der Waals surface area contributed by atoms with Gasteiger partial charge in [0.05, 0.1) is 0 Å². The average Bonchev–Trinajstić information content (AvgIpc) is 2.26. The molecule has 0 aliphatic rings. The number of imide groups is 1. The van der Waals surface area contributed by atoms with E-state index in [0.717, 1.165) is 6.07 Å². The molecule has 0 heterocycles. The molecule has 0 saturated heterocycles. The number of rotatable bonds is 4. The second kappa shape index (κ2) is 5.92. The highest BCUT2D eigenvalue weighted by atomic mass is 32.1. The van der Waals surface area contributed by atoms with Crippen LogP contribution in [0.15, 0.2) is 18.2 Å². The van der Waals surface area contributed by atoms with Crippen molar-refractivity contribution in [2.24, 2.45) is 11.5 Å². The van der Waals surface area contributed by atoms with Crippen molar-refractivity contribution >= 4 is 29.1 Å². The number of benzene rings is 1. The van der Waals surface area contributed by atoms with E-state index in [1.165, 1.54) is 12.1 Å². The fourth-order valence-electron chi connectivity index (χ4n) is 1.09. The number of nitrogens with one attached hydrogen (secondary N) is 1. The standard InChI is InChI=1S/C10H10FN3O3S/c11-6-3-5(9(12)18)1-2-7(6)17-4-8(15)14-10(13)16/h1-3H,4H2,(H2,12,18)(H3,13,14,15,16). The van der Waals surface area contributed by atoms with Gasteiger partial charge in [0, 0.05) is 5.56 Å². The van der Waals surface area contributed by atoms with Crippen LogP contribution in [0.5, 0.6) is 5.75 Å². The summed E-state index contributed by atoms with van der Waals surface area (Å²) < 4.78 is 18.3. The van der Waals surface area contributed by atoms with Crippen LogP contribution in [-0.4, -0.2) is 23.5 Å². The summed E-state index contributed by atoms with van der Waals surface area (Å²) in [6.07, 6.45) is 0. The third-order valence-corrected chi connectivity index (χ3v) is 2.07. The summed E-state index contributed by atoms with van der Waals surface area (Å²) in [6, 6.07) is 2.81. The second-order valence-corrected chi connectivity index (χ2v) is 3.65. The number of ether oxygens (including phenoxy) is 1. The first-order valence-electron chi connectivity index (χ1n) is 4.71. The number of nitrogens with two attached hydrogens (primary N) is 2. The molecule has 0 bridgehead atoms. The van der Waals surface area contributed by atoms with Gasteiger partial charge in [-0.05, 0) is 18.2 Å². The molecular weight excluding hydrogens is 261 g/mol. The van der Waals surface area contributed by atoms with Crippen LogP contribution >= 0.6 is 12.2 Å². The summed E-state index contributed by atoms with van der Waals surface area (Å²) >= 11 is 4.67. The molecule has 96 valence electrons. The second-order valence-electron chi connectivity index (χ2n) is 3.21. The molecule has 0 aromatic heterocycles. The molecule has 18 heavy (non-hydrogen) atoms. The van der Waals surface area contributed by atoms with Crippen LogP contribution in [0.2, 0.25) is 0 Å². The van der Waals surface area contributed by atoms with Crippen LogP contribution in [0.25, 0.3) is 0 Å². The normalized spacial score (nSPS) is 9.61. The van der Waals surface area contributed by atoms with Crippen LogP contribution in [-0.2, 0) is 4.79 Å². The lowest BCUT2D eigenvalue weighted by atomic mass is 10.2. The summed E-state index contributed by atoms with van der Waals surface area (Å²) in [4.78, 5) is 21.4. The zero-order valence-electron chi connectivity index (χ0n) is 9.10. The Labute approximate surface area is 107 Å². The number of hydrogen-bond donors (Lipinski definition) is 3. The van der Waals surface area contributed by atoms with E-state index >= 15 is 0 Å². The minimum absolute atomic E-state index is 0.0481. The molecule has 0 spiro atoms. The minimum atomic E-state index is -1.01. The molecule has 0 atom stereocenters. The van der Waals surface area contributed by atoms with Gasteiger partial charge in [-0.3, -0.25) is 10.1 Å². The van der Waals surface area contributed by atoms with Gasteiger partial charge >= 0.3 is 6.03 Å². The highest BCUT2D eigenvalue weighted by Crippen LogP contribution is 2.18. The molecule has 3 amide bonds. The van der Waals surface area contributed by atoms with Gasteiger partial charge in [-0.2, -0.15) is 0 Å². The van der Waals surface area contributed by atoms with E-state index in [9.17, 15) is 14.0 Å². The van der Waals surface area contributed by atoms with Gasteiger partial charge in [0.1, 0.15) is 4.99 Å². The number of urea groups is 1. The average molecular weight is 271 g/mol. The number of carbonyl (C=O) groups excluding carboxylic acids is 2. The van der Waals surface area contributed by atoms with Crippen molar-refractivity contribution in [2.75, 3.05) is 6.61 Å². The molecule has 0 saturated carbocycles. The highest BCUT2D eigenvalue weighted by molar-refractivity contribution is 7.80. The van der Waals surface area contributed by atoms with Crippen LogP contribution < -0.4 is 21.5 Å². The quantitative estimate of drug-likeness (QED) is 0.670. The molecule has 1 aromatic carbocycles. The minimum Gasteiger partial charge on any atom is -0.481 e. The Morgan fingerprint density at radius 2 is 2.06 bits per heavy atom. The molecule has 8 heteroatoms. The van der Waals surface area contributed by atoms with Crippen LogP contribution in [0.1, 0.15) is 5.56 Å². The van der Waals surface area contributed by atoms with Crippen LogP contribution in [0.4, 0.5) is 9.18 Å². The number of halogens is 1. The van der Waals surface area contributed by atoms with E-state index in [1.54, 1.807) is 5.32 Å². The van der Waals surface area contributed by atoms with Gasteiger partial charge in [0.25, 0.3) is 5.91 Å². The molecule has 0 unspecified atom stereocenters. The first-order valence-corrected chi connectivity index (χ1v) is 5.12. The van der Waals surface area contributed by atoms with Crippen molar-refractivity contribution < 1.29 is 18.7 Å². The van der Waals surface area contributed by atoms with Crippen molar-refractivity contribution in [1.29, 1.82) is 0 Å². The summed E-state index contributed by atoms with van der Waals surface area (Å²) in [5.74, 6) is -1.65. The highest BCUT2D eigenvalue weighted by Gasteiger charge is 2.09. The molecular formula is C10H10FN3O3S. The van der Waals surface area contributed by atoms with Crippen molar-refractivity contribution in [3.8, 4) is 5.75 Å². The Kier molecular flexibility index (Phi) is 4.55. The third-order valence-electron chi connectivity index (χ3n) is 1.84. The van der Waals surface area contributed by atoms with E-state index in [2.05, 4.69) is 12.2 Å². The van der Waals surface area contributed by atoms with Gasteiger partial charge < -0.3 is 16.2 Å². The van der Waals surface area contributed by atoms with Gasteiger partial charge in [0.2, 0.25) is 0 Å². The zero-order valence-corrected chi connectivity index (χ0v) is 9.92. The van der Waals surface area contributed by atoms with E-state index in [-0.39, 0.29) is 10.7 Å². The lowest BCUT2D eigenvalue weighted by Gasteiger charge is -2.07. The Bertz CT molecular complexity index is 507. The Morgan fingerprint density at radius 3 is 2.56 bits per heavy atom. The van der Waals surface area contributed by atoms with Gasteiger partial charge in [-0.25, -0.2) is 9.18 Å². The Morgan fingerprint density at radius 1 is 1.39 bits per heavy atom. The topological polar surface area (TPSA) is 107 Å². The summed E-state index contributed by atoms with van der Waals surface area (Å²) in [7, 11) is 0. The summed E-state index contributed by atoms with van der Waals surface area (Å²) in [5.41, 5.74) is 10.4. The Balaban J connectivity index is 2.66. The van der Waals surface area contributed by atoms with Gasteiger partial charge in [0.15, 0.2) is 18.2 Å². The molecule has 0 aliphatic heterocycles. The number of thiocarbonyl (C=S) groups is 1.